The Morgan fingerprint density at radius 2 is 2.00 bits per heavy atom. The average molecular weight is 299 g/mol. The molecule has 4 nitrogen and oxygen atoms in total. The van der Waals surface area contributed by atoms with Gasteiger partial charge in [0.15, 0.2) is 0 Å². The van der Waals surface area contributed by atoms with E-state index in [9.17, 15) is 0 Å². The van der Waals surface area contributed by atoms with E-state index in [0.717, 1.165) is 54.5 Å². The van der Waals surface area contributed by atoms with Crippen LogP contribution in [0.4, 0.5) is 5.95 Å². The predicted molar refractivity (Wildman–Crippen MR) is 72.7 cm³/mol. The van der Waals surface area contributed by atoms with Gasteiger partial charge in [-0.05, 0) is 25.2 Å². The largest absolute Gasteiger partial charge is 0.339 e. The molecule has 0 amide bonds. The molecule has 2 rings (SSSR count). The number of aryl methyl sites for hydroxylation is 2. The molecule has 0 N–H and O–H groups in total. The van der Waals surface area contributed by atoms with E-state index < -0.39 is 0 Å². The highest BCUT2D eigenvalue weighted by Crippen LogP contribution is 2.22. The lowest BCUT2D eigenvalue weighted by molar-refractivity contribution is 0.672. The minimum atomic E-state index is 0.717. The molecule has 1 aliphatic heterocycles. The molecule has 0 radical (unpaired) electrons. The Morgan fingerprint density at radius 1 is 1.24 bits per heavy atom. The molecule has 2 heterocycles. The highest BCUT2D eigenvalue weighted by molar-refractivity contribution is 9.09. The minimum absolute atomic E-state index is 0.717. The molecule has 1 aliphatic rings. The lowest BCUT2D eigenvalue weighted by Gasteiger charge is -2.16. The molecule has 0 spiro atoms. The Balaban J connectivity index is 2.16. The Kier molecular flexibility index (Phi) is 4.31. The first-order chi connectivity index (χ1) is 8.28. The molecular formula is C12H19BrN4. The summed E-state index contributed by atoms with van der Waals surface area (Å²) in [6, 6.07) is 0. The van der Waals surface area contributed by atoms with Crippen molar-refractivity contribution >= 4 is 21.9 Å². The molecule has 1 aromatic heterocycles. The molecule has 1 atom stereocenters. The van der Waals surface area contributed by atoms with E-state index in [4.69, 9.17) is 0 Å². The summed E-state index contributed by atoms with van der Waals surface area (Å²) < 4.78 is 0. The van der Waals surface area contributed by atoms with Crippen molar-refractivity contribution in [2.75, 3.05) is 23.3 Å². The van der Waals surface area contributed by atoms with Gasteiger partial charge in [-0.25, -0.2) is 4.98 Å². The standard InChI is InChI=1S/C12H19BrN4/c1-3-10-11(4-2)15-16-12(14-10)17-6-5-9(7-13)8-17/h9H,3-8H2,1-2H3. The number of anilines is 1. The number of rotatable bonds is 4. The summed E-state index contributed by atoms with van der Waals surface area (Å²) in [5, 5.41) is 9.62. The van der Waals surface area contributed by atoms with Gasteiger partial charge in [-0.2, -0.15) is 5.10 Å². The van der Waals surface area contributed by atoms with Crippen LogP contribution in [0.15, 0.2) is 0 Å². The van der Waals surface area contributed by atoms with E-state index >= 15 is 0 Å². The van der Waals surface area contributed by atoms with Crippen molar-refractivity contribution in [2.24, 2.45) is 5.92 Å². The minimum Gasteiger partial charge on any atom is -0.339 e. The molecule has 0 saturated carbocycles. The fourth-order valence-electron chi connectivity index (χ4n) is 2.20. The smallest absolute Gasteiger partial charge is 0.245 e. The first-order valence-electron chi connectivity index (χ1n) is 6.31. The summed E-state index contributed by atoms with van der Waals surface area (Å²) in [5.74, 6) is 1.53. The SMILES string of the molecule is CCc1nnc(N2CCC(CBr)C2)nc1CC. The van der Waals surface area contributed by atoms with Crippen LogP contribution in [0.1, 0.15) is 31.7 Å². The van der Waals surface area contributed by atoms with Gasteiger partial charge < -0.3 is 4.90 Å². The van der Waals surface area contributed by atoms with E-state index in [2.05, 4.69) is 49.9 Å². The van der Waals surface area contributed by atoms with Crippen molar-refractivity contribution < 1.29 is 0 Å². The molecule has 5 heteroatoms. The number of hydrogen-bond acceptors (Lipinski definition) is 4. The van der Waals surface area contributed by atoms with Crippen molar-refractivity contribution in [1.82, 2.24) is 15.2 Å². The highest BCUT2D eigenvalue weighted by Gasteiger charge is 2.24. The maximum Gasteiger partial charge on any atom is 0.245 e. The highest BCUT2D eigenvalue weighted by atomic mass is 79.9. The van der Waals surface area contributed by atoms with Crippen LogP contribution >= 0.6 is 15.9 Å². The predicted octanol–water partition coefficient (Wildman–Crippen LogP) is 2.22. The lowest BCUT2D eigenvalue weighted by atomic mass is 10.2. The second kappa shape index (κ2) is 5.76. The number of halogens is 1. The van der Waals surface area contributed by atoms with E-state index in [-0.39, 0.29) is 0 Å². The van der Waals surface area contributed by atoms with E-state index in [1.54, 1.807) is 0 Å². The van der Waals surface area contributed by atoms with Crippen LogP contribution < -0.4 is 4.90 Å². The zero-order valence-corrected chi connectivity index (χ0v) is 12.1. The van der Waals surface area contributed by atoms with Gasteiger partial charge in [0.25, 0.3) is 0 Å². The van der Waals surface area contributed by atoms with Crippen LogP contribution in [0.3, 0.4) is 0 Å². The quantitative estimate of drug-likeness (QED) is 0.800. The Morgan fingerprint density at radius 3 is 2.59 bits per heavy atom. The van der Waals surface area contributed by atoms with Crippen molar-refractivity contribution in [2.45, 2.75) is 33.1 Å². The zero-order valence-electron chi connectivity index (χ0n) is 10.5. The van der Waals surface area contributed by atoms with Crippen LogP contribution in [0.25, 0.3) is 0 Å². The first-order valence-corrected chi connectivity index (χ1v) is 7.44. The molecule has 1 fully saturated rings. The fourth-order valence-corrected chi connectivity index (χ4v) is 2.73. The van der Waals surface area contributed by atoms with E-state index in [0.29, 0.717) is 0 Å². The zero-order chi connectivity index (χ0) is 12.3. The molecule has 1 aromatic rings. The monoisotopic (exact) mass is 298 g/mol. The van der Waals surface area contributed by atoms with Gasteiger partial charge in [0.05, 0.1) is 11.4 Å². The summed E-state index contributed by atoms with van der Waals surface area (Å²) in [7, 11) is 0. The molecule has 0 bridgehead atoms. The molecule has 0 aromatic carbocycles. The Hall–Kier alpha value is -0.710. The lowest BCUT2D eigenvalue weighted by Crippen LogP contribution is -2.24. The Labute approximate surface area is 111 Å². The summed E-state index contributed by atoms with van der Waals surface area (Å²) >= 11 is 3.54. The van der Waals surface area contributed by atoms with Crippen LogP contribution in [-0.4, -0.2) is 33.6 Å². The van der Waals surface area contributed by atoms with Gasteiger partial charge in [-0.15, -0.1) is 5.10 Å². The molecular weight excluding hydrogens is 280 g/mol. The van der Waals surface area contributed by atoms with Crippen molar-refractivity contribution in [3.8, 4) is 0 Å². The van der Waals surface area contributed by atoms with Crippen LogP contribution in [0.5, 0.6) is 0 Å². The number of alkyl halides is 1. The summed E-state index contributed by atoms with van der Waals surface area (Å²) in [6.45, 7) is 6.31. The number of aromatic nitrogens is 3. The molecule has 0 aliphatic carbocycles. The normalized spacial score (nSPS) is 19.9. The van der Waals surface area contributed by atoms with E-state index in [1.165, 1.54) is 6.42 Å². The maximum atomic E-state index is 4.65. The van der Waals surface area contributed by atoms with Gasteiger partial charge in [0.2, 0.25) is 5.95 Å². The molecule has 1 saturated heterocycles. The second-order valence-electron chi connectivity index (χ2n) is 4.47. The average Bonchev–Trinajstić information content (AvgIpc) is 2.86. The van der Waals surface area contributed by atoms with Crippen LogP contribution in [0, 0.1) is 5.92 Å². The van der Waals surface area contributed by atoms with Crippen molar-refractivity contribution in [3.05, 3.63) is 11.4 Å². The van der Waals surface area contributed by atoms with Crippen molar-refractivity contribution in [1.29, 1.82) is 0 Å². The van der Waals surface area contributed by atoms with E-state index in [1.807, 2.05) is 0 Å². The molecule has 17 heavy (non-hydrogen) atoms. The summed E-state index contributed by atoms with van der Waals surface area (Å²) in [4.78, 5) is 6.90. The number of hydrogen-bond donors (Lipinski definition) is 0. The second-order valence-corrected chi connectivity index (χ2v) is 5.11. The third-order valence-electron chi connectivity index (χ3n) is 3.28. The summed E-state index contributed by atoms with van der Waals surface area (Å²) in [6.07, 6.45) is 3.06. The third-order valence-corrected chi connectivity index (χ3v) is 4.20. The molecule has 1 unspecified atom stereocenters. The van der Waals surface area contributed by atoms with Gasteiger partial charge in [0, 0.05) is 18.4 Å². The summed E-state index contributed by atoms with van der Waals surface area (Å²) in [5.41, 5.74) is 2.13. The van der Waals surface area contributed by atoms with Gasteiger partial charge >= 0.3 is 0 Å². The van der Waals surface area contributed by atoms with Gasteiger partial charge in [0.1, 0.15) is 0 Å². The van der Waals surface area contributed by atoms with Gasteiger partial charge in [-0.1, -0.05) is 29.8 Å². The maximum absolute atomic E-state index is 4.65. The third kappa shape index (κ3) is 2.76. The van der Waals surface area contributed by atoms with Crippen LogP contribution in [-0.2, 0) is 12.8 Å². The Bertz CT molecular complexity index is 383. The number of nitrogens with zero attached hydrogens (tertiary/aromatic N) is 4. The fraction of sp³-hybridized carbons (Fsp3) is 0.750. The first kappa shape index (κ1) is 12.7. The molecule has 94 valence electrons. The van der Waals surface area contributed by atoms with Crippen LogP contribution in [0.2, 0.25) is 0 Å². The van der Waals surface area contributed by atoms with Crippen molar-refractivity contribution in [3.63, 3.8) is 0 Å². The topological polar surface area (TPSA) is 41.9 Å². The van der Waals surface area contributed by atoms with Gasteiger partial charge in [-0.3, -0.25) is 0 Å².